The van der Waals surface area contributed by atoms with Gasteiger partial charge in [-0.2, -0.15) is 5.10 Å². The largest absolute Gasteiger partial charge is 0.311 e. The van der Waals surface area contributed by atoms with Gasteiger partial charge in [-0.25, -0.2) is 0 Å². The number of likely N-dealkylation sites (tertiary alicyclic amines) is 1. The third-order valence-corrected chi connectivity index (χ3v) is 5.98. The highest BCUT2D eigenvalue weighted by Crippen LogP contribution is 2.37. The summed E-state index contributed by atoms with van der Waals surface area (Å²) in [5.74, 6) is 2.78. The first-order valence-corrected chi connectivity index (χ1v) is 9.81. The Bertz CT molecular complexity index is 745. The van der Waals surface area contributed by atoms with E-state index in [1.165, 1.54) is 31.4 Å². The van der Waals surface area contributed by atoms with Crippen molar-refractivity contribution in [3.8, 4) is 0 Å². The lowest BCUT2D eigenvalue weighted by Crippen LogP contribution is -2.41. The molecule has 7 nitrogen and oxygen atoms in total. The van der Waals surface area contributed by atoms with E-state index in [0.717, 1.165) is 31.3 Å². The van der Waals surface area contributed by atoms with E-state index in [0.29, 0.717) is 18.0 Å². The molecule has 2 aromatic rings. The Labute approximate surface area is 156 Å². The number of hydrogen-bond acceptors (Lipinski definition) is 5. The van der Waals surface area contributed by atoms with Crippen LogP contribution in [0.15, 0.2) is 12.3 Å². The molecule has 3 heterocycles. The first-order valence-electron chi connectivity index (χ1n) is 9.81. The number of nitrogens with zero attached hydrogens (tertiary/aromatic N) is 7. The van der Waals surface area contributed by atoms with Crippen molar-refractivity contribution in [2.75, 3.05) is 27.2 Å². The maximum Gasteiger partial charge on any atom is 0.147 e. The van der Waals surface area contributed by atoms with Gasteiger partial charge in [-0.05, 0) is 65.2 Å². The normalized spacial score (nSPS) is 24.5. The van der Waals surface area contributed by atoms with Gasteiger partial charge in [0, 0.05) is 25.8 Å². The van der Waals surface area contributed by atoms with E-state index < -0.39 is 0 Å². The lowest BCUT2D eigenvalue weighted by Gasteiger charge is -2.40. The first kappa shape index (κ1) is 17.7. The number of aromatic nitrogens is 5. The van der Waals surface area contributed by atoms with E-state index in [2.05, 4.69) is 63.8 Å². The molecule has 2 aliphatic rings. The van der Waals surface area contributed by atoms with Gasteiger partial charge in [-0.1, -0.05) is 0 Å². The smallest absolute Gasteiger partial charge is 0.147 e. The van der Waals surface area contributed by atoms with Crippen molar-refractivity contribution in [2.24, 2.45) is 13.0 Å². The van der Waals surface area contributed by atoms with E-state index in [-0.39, 0.29) is 0 Å². The van der Waals surface area contributed by atoms with E-state index in [1.54, 1.807) is 0 Å². The molecule has 142 valence electrons. The standard InChI is InChI=1S/C19H31N7/c1-14-21-22-18(26(14)16-7-8-16)13-23(2)12-15-6-5-11-24(3)19(15)17-9-10-20-25(17)4/h9-10,15-16,19H,5-8,11-13H2,1-4H3/t15-,19+/m0/s1. The SMILES string of the molecule is Cc1nnc(CN(C)C[C@@H]2CCCN(C)[C@H]2c2ccnn2C)n1C1CC1. The molecule has 0 N–H and O–H groups in total. The van der Waals surface area contributed by atoms with Gasteiger partial charge in [0.15, 0.2) is 0 Å². The Morgan fingerprint density at radius 1 is 1.19 bits per heavy atom. The second kappa shape index (κ2) is 7.12. The van der Waals surface area contributed by atoms with Crippen molar-refractivity contribution in [2.45, 2.75) is 51.2 Å². The first-order chi connectivity index (χ1) is 12.5. The molecule has 1 aliphatic heterocycles. The summed E-state index contributed by atoms with van der Waals surface area (Å²) in [6.07, 6.45) is 6.98. The van der Waals surface area contributed by atoms with Gasteiger partial charge in [0.2, 0.25) is 0 Å². The number of piperidine rings is 1. The van der Waals surface area contributed by atoms with Gasteiger partial charge in [-0.15, -0.1) is 10.2 Å². The molecule has 2 aromatic heterocycles. The predicted octanol–water partition coefficient (Wildman–Crippen LogP) is 2.17. The van der Waals surface area contributed by atoms with Gasteiger partial charge in [0.25, 0.3) is 0 Å². The van der Waals surface area contributed by atoms with Crippen LogP contribution in [0.2, 0.25) is 0 Å². The second-order valence-electron chi connectivity index (χ2n) is 8.17. The number of rotatable bonds is 6. The minimum Gasteiger partial charge on any atom is -0.311 e. The zero-order valence-corrected chi connectivity index (χ0v) is 16.5. The highest BCUT2D eigenvalue weighted by molar-refractivity contribution is 5.10. The second-order valence-corrected chi connectivity index (χ2v) is 8.17. The van der Waals surface area contributed by atoms with E-state index >= 15 is 0 Å². The lowest BCUT2D eigenvalue weighted by atomic mass is 9.87. The van der Waals surface area contributed by atoms with Crippen LogP contribution in [0.25, 0.3) is 0 Å². The highest BCUT2D eigenvalue weighted by atomic mass is 15.3. The van der Waals surface area contributed by atoms with Crippen molar-refractivity contribution in [3.05, 3.63) is 29.6 Å². The molecule has 0 radical (unpaired) electrons. The van der Waals surface area contributed by atoms with Crippen LogP contribution in [-0.4, -0.2) is 61.5 Å². The quantitative estimate of drug-likeness (QED) is 0.793. The zero-order valence-electron chi connectivity index (χ0n) is 16.5. The van der Waals surface area contributed by atoms with E-state index in [9.17, 15) is 0 Å². The van der Waals surface area contributed by atoms with Crippen LogP contribution in [0, 0.1) is 12.8 Å². The molecular formula is C19H31N7. The molecule has 0 aromatic carbocycles. The fourth-order valence-corrected chi connectivity index (χ4v) is 4.63. The third kappa shape index (κ3) is 3.42. The van der Waals surface area contributed by atoms with Gasteiger partial charge >= 0.3 is 0 Å². The topological polar surface area (TPSA) is 55.0 Å². The Morgan fingerprint density at radius 3 is 2.69 bits per heavy atom. The van der Waals surface area contributed by atoms with E-state index in [4.69, 9.17) is 0 Å². The molecule has 4 rings (SSSR count). The molecule has 7 heteroatoms. The van der Waals surface area contributed by atoms with E-state index in [1.807, 2.05) is 10.9 Å². The molecule has 2 fully saturated rings. The summed E-state index contributed by atoms with van der Waals surface area (Å²) in [5, 5.41) is 13.2. The van der Waals surface area contributed by atoms with Crippen LogP contribution < -0.4 is 0 Å². The minimum absolute atomic E-state index is 0.432. The van der Waals surface area contributed by atoms with Crippen molar-refractivity contribution >= 4 is 0 Å². The summed E-state index contributed by atoms with van der Waals surface area (Å²) in [6, 6.07) is 3.24. The summed E-state index contributed by atoms with van der Waals surface area (Å²) in [5.41, 5.74) is 1.32. The molecule has 1 saturated heterocycles. The molecular weight excluding hydrogens is 326 g/mol. The fourth-order valence-electron chi connectivity index (χ4n) is 4.63. The molecule has 0 bridgehead atoms. The average molecular weight is 358 g/mol. The van der Waals surface area contributed by atoms with Gasteiger partial charge in [0.05, 0.1) is 18.3 Å². The Hall–Kier alpha value is -1.73. The zero-order chi connectivity index (χ0) is 18.3. The van der Waals surface area contributed by atoms with Crippen LogP contribution in [0.5, 0.6) is 0 Å². The molecule has 2 atom stereocenters. The summed E-state index contributed by atoms with van der Waals surface area (Å²) in [6.45, 7) is 5.17. The monoisotopic (exact) mass is 357 g/mol. The van der Waals surface area contributed by atoms with Crippen LogP contribution in [-0.2, 0) is 13.6 Å². The molecule has 26 heavy (non-hydrogen) atoms. The van der Waals surface area contributed by atoms with Crippen molar-refractivity contribution in [3.63, 3.8) is 0 Å². The summed E-state index contributed by atoms with van der Waals surface area (Å²) >= 11 is 0. The van der Waals surface area contributed by atoms with Gasteiger partial charge in [-0.3, -0.25) is 14.5 Å². The van der Waals surface area contributed by atoms with Crippen LogP contribution in [0.3, 0.4) is 0 Å². The van der Waals surface area contributed by atoms with Crippen LogP contribution >= 0.6 is 0 Å². The minimum atomic E-state index is 0.432. The Morgan fingerprint density at radius 2 is 2.00 bits per heavy atom. The maximum absolute atomic E-state index is 4.45. The number of hydrogen-bond donors (Lipinski definition) is 0. The highest BCUT2D eigenvalue weighted by Gasteiger charge is 2.34. The Kier molecular flexibility index (Phi) is 4.84. The third-order valence-electron chi connectivity index (χ3n) is 5.98. The average Bonchev–Trinajstić information content (AvgIpc) is 3.24. The number of aryl methyl sites for hydroxylation is 2. The Balaban J connectivity index is 1.47. The van der Waals surface area contributed by atoms with Crippen molar-refractivity contribution in [1.29, 1.82) is 0 Å². The molecule has 0 unspecified atom stereocenters. The molecule has 1 aliphatic carbocycles. The predicted molar refractivity (Wildman–Crippen MR) is 101 cm³/mol. The van der Waals surface area contributed by atoms with Crippen molar-refractivity contribution in [1.82, 2.24) is 34.3 Å². The van der Waals surface area contributed by atoms with Gasteiger partial charge < -0.3 is 4.57 Å². The summed E-state index contributed by atoms with van der Waals surface area (Å²) < 4.78 is 4.38. The van der Waals surface area contributed by atoms with Gasteiger partial charge in [0.1, 0.15) is 11.6 Å². The summed E-state index contributed by atoms with van der Waals surface area (Å²) in [7, 11) is 6.52. The maximum atomic E-state index is 4.45. The van der Waals surface area contributed by atoms with Crippen molar-refractivity contribution < 1.29 is 0 Å². The summed E-state index contributed by atoms with van der Waals surface area (Å²) in [4.78, 5) is 4.92. The van der Waals surface area contributed by atoms with Crippen LogP contribution in [0.4, 0.5) is 0 Å². The molecule has 1 saturated carbocycles. The molecule has 0 amide bonds. The fraction of sp³-hybridized carbons (Fsp3) is 0.737. The molecule has 0 spiro atoms. The lowest BCUT2D eigenvalue weighted by molar-refractivity contribution is 0.0863. The van der Waals surface area contributed by atoms with Crippen LogP contribution in [0.1, 0.15) is 55.1 Å².